The van der Waals surface area contributed by atoms with Crippen LogP contribution in [0.3, 0.4) is 0 Å². The van der Waals surface area contributed by atoms with Gasteiger partial charge in [0, 0.05) is 15.9 Å². The van der Waals surface area contributed by atoms with Crippen LogP contribution in [0.15, 0.2) is 16.6 Å². The molecule has 2 rings (SSSR count). The van der Waals surface area contributed by atoms with Gasteiger partial charge in [-0.15, -0.1) is 11.3 Å². The van der Waals surface area contributed by atoms with E-state index in [0.717, 1.165) is 10.4 Å². The molecule has 0 saturated carbocycles. The summed E-state index contributed by atoms with van der Waals surface area (Å²) in [7, 11) is 0. The van der Waals surface area contributed by atoms with Gasteiger partial charge in [0.25, 0.3) is 0 Å². The summed E-state index contributed by atoms with van der Waals surface area (Å²) in [5, 5.41) is 5.27. The van der Waals surface area contributed by atoms with Gasteiger partial charge in [-0.25, -0.2) is 0 Å². The Hall–Kier alpha value is -1.51. The highest BCUT2D eigenvalue weighted by Crippen LogP contribution is 2.28. The first-order valence-electron chi connectivity index (χ1n) is 4.71. The van der Waals surface area contributed by atoms with Gasteiger partial charge in [-0.3, -0.25) is 0 Å². The van der Waals surface area contributed by atoms with E-state index in [9.17, 15) is 0 Å². The molecule has 82 valence electrons. The molecule has 1 fully saturated rings. The molecule has 0 N–H and O–H groups in total. The number of nitrogens with zero attached hydrogens (tertiary/aromatic N) is 3. The highest BCUT2D eigenvalue weighted by molar-refractivity contribution is 7.10. The van der Waals surface area contributed by atoms with Crippen LogP contribution in [0.1, 0.15) is 16.7 Å². The first kappa shape index (κ1) is 11.0. The summed E-state index contributed by atoms with van der Waals surface area (Å²) in [5.74, 6) is 5.67. The van der Waals surface area contributed by atoms with E-state index in [0.29, 0.717) is 13.2 Å². The number of ether oxygens (including phenoxy) is 2. The van der Waals surface area contributed by atoms with Crippen molar-refractivity contribution >= 4 is 11.3 Å². The third kappa shape index (κ3) is 2.75. The largest absolute Gasteiger partial charge is 0.345 e. The van der Waals surface area contributed by atoms with Crippen LogP contribution in [-0.4, -0.2) is 19.8 Å². The van der Waals surface area contributed by atoms with Crippen molar-refractivity contribution in [2.75, 3.05) is 19.8 Å². The van der Waals surface area contributed by atoms with E-state index in [4.69, 9.17) is 15.0 Å². The smallest absolute Gasteiger partial charge is 0.193 e. The standard InChI is InChI=1S/C10H9N3O2S/c11-13-12-3-1-2-8-6-9(16-7-8)10-14-4-5-15-10/h6-7,10H,3-5H2. The molecule has 0 spiro atoms. The quantitative estimate of drug-likeness (QED) is 0.342. The van der Waals surface area contributed by atoms with Gasteiger partial charge >= 0.3 is 0 Å². The fraction of sp³-hybridized carbons (Fsp3) is 0.400. The molecule has 16 heavy (non-hydrogen) atoms. The summed E-state index contributed by atoms with van der Waals surface area (Å²) in [6.07, 6.45) is -0.238. The van der Waals surface area contributed by atoms with Gasteiger partial charge in [0.15, 0.2) is 6.29 Å². The first-order chi connectivity index (χ1) is 7.90. The van der Waals surface area contributed by atoms with Crippen LogP contribution in [0.25, 0.3) is 10.4 Å². The lowest BCUT2D eigenvalue weighted by Gasteiger charge is -2.03. The summed E-state index contributed by atoms with van der Waals surface area (Å²) in [4.78, 5) is 3.64. The van der Waals surface area contributed by atoms with Gasteiger partial charge in [-0.1, -0.05) is 17.0 Å². The molecule has 0 aliphatic carbocycles. The number of hydrogen-bond acceptors (Lipinski definition) is 4. The van der Waals surface area contributed by atoms with Gasteiger partial charge < -0.3 is 9.47 Å². The van der Waals surface area contributed by atoms with Crippen molar-refractivity contribution in [3.63, 3.8) is 0 Å². The van der Waals surface area contributed by atoms with Crippen LogP contribution >= 0.6 is 11.3 Å². The second-order valence-corrected chi connectivity index (χ2v) is 3.94. The molecule has 2 heterocycles. The number of azide groups is 1. The fourth-order valence-corrected chi connectivity index (χ4v) is 2.11. The zero-order chi connectivity index (χ0) is 11.2. The Balaban J connectivity index is 2.00. The maximum atomic E-state index is 8.07. The normalized spacial score (nSPS) is 15.2. The van der Waals surface area contributed by atoms with Crippen molar-refractivity contribution in [3.05, 3.63) is 32.3 Å². The Bertz CT molecular complexity index is 462. The lowest BCUT2D eigenvalue weighted by Crippen LogP contribution is -1.93. The third-order valence-electron chi connectivity index (χ3n) is 1.92. The minimum absolute atomic E-state index is 0.193. The second-order valence-electron chi connectivity index (χ2n) is 3.00. The predicted octanol–water partition coefficient (Wildman–Crippen LogP) is 2.46. The molecule has 1 aromatic heterocycles. The number of thiophene rings is 1. The van der Waals surface area contributed by atoms with Crippen molar-refractivity contribution in [2.45, 2.75) is 6.29 Å². The average molecular weight is 235 g/mol. The molecule has 0 aromatic carbocycles. The molecule has 1 aliphatic rings. The molecule has 0 bridgehead atoms. The van der Waals surface area contributed by atoms with E-state index in [1.54, 1.807) is 11.3 Å². The molecule has 0 unspecified atom stereocenters. The van der Waals surface area contributed by atoms with Crippen molar-refractivity contribution in [2.24, 2.45) is 5.11 Å². The maximum Gasteiger partial charge on any atom is 0.193 e. The van der Waals surface area contributed by atoms with Crippen LogP contribution in [-0.2, 0) is 9.47 Å². The van der Waals surface area contributed by atoms with Crippen LogP contribution in [0.5, 0.6) is 0 Å². The van der Waals surface area contributed by atoms with Gasteiger partial charge in [0.1, 0.15) is 0 Å². The summed E-state index contributed by atoms with van der Waals surface area (Å²) in [6, 6.07) is 1.93. The predicted molar refractivity (Wildman–Crippen MR) is 59.9 cm³/mol. The molecule has 5 nitrogen and oxygen atoms in total. The molecule has 0 amide bonds. The minimum atomic E-state index is -0.238. The molecule has 0 radical (unpaired) electrons. The highest BCUT2D eigenvalue weighted by atomic mass is 32.1. The highest BCUT2D eigenvalue weighted by Gasteiger charge is 2.19. The van der Waals surface area contributed by atoms with Crippen LogP contribution in [0.4, 0.5) is 0 Å². The zero-order valence-electron chi connectivity index (χ0n) is 8.42. The zero-order valence-corrected chi connectivity index (χ0v) is 9.24. The third-order valence-corrected chi connectivity index (χ3v) is 2.87. The molecule has 1 aromatic rings. The fourth-order valence-electron chi connectivity index (χ4n) is 1.27. The topological polar surface area (TPSA) is 67.2 Å². The molecule has 0 atom stereocenters. The van der Waals surface area contributed by atoms with E-state index >= 15 is 0 Å². The van der Waals surface area contributed by atoms with Gasteiger partial charge in [0.2, 0.25) is 0 Å². The number of hydrogen-bond donors (Lipinski definition) is 0. The first-order valence-corrected chi connectivity index (χ1v) is 5.59. The lowest BCUT2D eigenvalue weighted by atomic mass is 10.3. The SMILES string of the molecule is [N-]=[N+]=NCC#Cc1csc(C2OCCO2)c1. The Kier molecular flexibility index (Phi) is 3.81. The molecular formula is C10H9N3O2S. The van der Waals surface area contributed by atoms with Crippen molar-refractivity contribution in [1.82, 2.24) is 0 Å². The molecule has 6 heteroatoms. The Morgan fingerprint density at radius 1 is 1.56 bits per heavy atom. The van der Waals surface area contributed by atoms with Crippen molar-refractivity contribution in [1.29, 1.82) is 0 Å². The molecule has 1 saturated heterocycles. The van der Waals surface area contributed by atoms with E-state index in [2.05, 4.69) is 21.9 Å². The van der Waals surface area contributed by atoms with Gasteiger partial charge in [-0.05, 0) is 11.6 Å². The summed E-state index contributed by atoms with van der Waals surface area (Å²) >= 11 is 1.55. The average Bonchev–Trinajstić information content (AvgIpc) is 2.94. The van der Waals surface area contributed by atoms with E-state index in [-0.39, 0.29) is 12.8 Å². The van der Waals surface area contributed by atoms with Crippen LogP contribution < -0.4 is 0 Å². The Morgan fingerprint density at radius 3 is 3.12 bits per heavy atom. The summed E-state index contributed by atoms with van der Waals surface area (Å²) < 4.78 is 10.7. The van der Waals surface area contributed by atoms with Gasteiger partial charge in [0.05, 0.1) is 24.6 Å². The van der Waals surface area contributed by atoms with E-state index < -0.39 is 0 Å². The maximum absolute atomic E-state index is 8.07. The van der Waals surface area contributed by atoms with E-state index in [1.807, 2.05) is 11.4 Å². The van der Waals surface area contributed by atoms with Crippen molar-refractivity contribution < 1.29 is 9.47 Å². The summed E-state index contributed by atoms with van der Waals surface area (Å²) in [6.45, 7) is 1.47. The molecular weight excluding hydrogens is 226 g/mol. The Labute approximate surface area is 96.6 Å². The second kappa shape index (κ2) is 5.54. The van der Waals surface area contributed by atoms with Crippen molar-refractivity contribution in [3.8, 4) is 11.8 Å². The lowest BCUT2D eigenvalue weighted by molar-refractivity contribution is -0.0413. The van der Waals surface area contributed by atoms with Crippen LogP contribution in [0.2, 0.25) is 0 Å². The molecule has 1 aliphatic heterocycles. The minimum Gasteiger partial charge on any atom is -0.345 e. The van der Waals surface area contributed by atoms with Crippen LogP contribution in [0, 0.1) is 11.8 Å². The monoisotopic (exact) mass is 235 g/mol. The summed E-state index contributed by atoms with van der Waals surface area (Å²) in [5.41, 5.74) is 8.97. The Morgan fingerprint density at radius 2 is 2.38 bits per heavy atom. The van der Waals surface area contributed by atoms with E-state index in [1.165, 1.54) is 0 Å². The van der Waals surface area contributed by atoms with Gasteiger partial charge in [-0.2, -0.15) is 0 Å². The number of rotatable bonds is 2.